The van der Waals surface area contributed by atoms with Crippen molar-refractivity contribution in [2.24, 2.45) is 0 Å². The van der Waals surface area contributed by atoms with Gasteiger partial charge in [0, 0.05) is 0 Å². The molecule has 0 saturated heterocycles. The topological polar surface area (TPSA) is 97.1 Å². The van der Waals surface area contributed by atoms with Crippen molar-refractivity contribution in [3.8, 4) is 0 Å². The van der Waals surface area contributed by atoms with Crippen LogP contribution in [0.4, 0.5) is 0 Å². The minimum absolute atomic E-state index is 0. The molecule has 0 aromatic heterocycles. The fourth-order valence-electron chi connectivity index (χ4n) is 0. The molecule has 0 aliphatic heterocycles. The Morgan fingerprint density at radius 1 is 1.00 bits per heavy atom. The molecule has 0 fully saturated rings. The van der Waals surface area contributed by atoms with Crippen LogP contribution >= 0.6 is 0 Å². The van der Waals surface area contributed by atoms with Gasteiger partial charge in [-0.05, 0) is 0 Å². The van der Waals surface area contributed by atoms with E-state index in [0.717, 1.165) is 0 Å². The Hall–Kier alpha value is 0.403. The first-order valence-corrected chi connectivity index (χ1v) is 2.42. The summed E-state index contributed by atoms with van der Waals surface area (Å²) in [4.78, 5) is 0. The van der Waals surface area contributed by atoms with Crippen LogP contribution in [0.1, 0.15) is 0 Å². The molecule has 0 aromatic rings. The first-order chi connectivity index (χ1) is 1.41. The summed E-state index contributed by atoms with van der Waals surface area (Å²) in [6.45, 7) is 0. The molecule has 0 aliphatic rings. The SMILES string of the molecule is O.O.[O]=[Zr]=[O]. The summed E-state index contributed by atoms with van der Waals surface area (Å²) in [6.07, 6.45) is 0. The number of hydrogen-bond donors (Lipinski definition) is 0. The normalized spacial score (nSPS) is 1.60. The van der Waals surface area contributed by atoms with Gasteiger partial charge in [-0.3, -0.25) is 0 Å². The maximum atomic E-state index is 8.54. The average molecular weight is 159 g/mol. The van der Waals surface area contributed by atoms with Crippen molar-refractivity contribution in [2.75, 3.05) is 0 Å². The van der Waals surface area contributed by atoms with Gasteiger partial charge >= 0.3 is 28.9 Å². The molecule has 0 bridgehead atoms. The third-order valence-electron chi connectivity index (χ3n) is 0. The zero-order chi connectivity index (χ0) is 2.71. The molecule has 0 amide bonds. The van der Waals surface area contributed by atoms with E-state index in [1.807, 2.05) is 0 Å². The second kappa shape index (κ2) is 25.9. The van der Waals surface area contributed by atoms with E-state index in [2.05, 4.69) is 0 Å². The molecule has 4 N–H and O–H groups in total. The summed E-state index contributed by atoms with van der Waals surface area (Å²) in [5.41, 5.74) is 0. The van der Waals surface area contributed by atoms with Crippen LogP contribution in [0.15, 0.2) is 0 Å². The molecule has 4 nitrogen and oxygen atoms in total. The van der Waals surface area contributed by atoms with E-state index in [9.17, 15) is 0 Å². The van der Waals surface area contributed by atoms with E-state index in [4.69, 9.17) is 5.63 Å². The summed E-state index contributed by atoms with van der Waals surface area (Å²) < 4.78 is 17.1. The standard InChI is InChI=1S/2H2O.2O.Zr/h2*1H2;;;. The van der Waals surface area contributed by atoms with Gasteiger partial charge in [0.05, 0.1) is 0 Å². The molecule has 0 unspecified atom stereocenters. The van der Waals surface area contributed by atoms with Gasteiger partial charge in [0.15, 0.2) is 0 Å². The van der Waals surface area contributed by atoms with Gasteiger partial charge in [0.1, 0.15) is 0 Å². The van der Waals surface area contributed by atoms with Crippen LogP contribution in [-0.2, 0) is 28.9 Å². The zero-order valence-electron chi connectivity index (χ0n) is 2.32. The molecule has 0 aromatic carbocycles. The van der Waals surface area contributed by atoms with Crippen molar-refractivity contribution in [1.82, 2.24) is 0 Å². The Kier molecular flexibility index (Phi) is 94.0. The van der Waals surface area contributed by atoms with E-state index in [0.29, 0.717) is 0 Å². The Bertz CT molecular complexity index is 24.6. The van der Waals surface area contributed by atoms with Crippen LogP contribution in [0.5, 0.6) is 0 Å². The predicted molar refractivity (Wildman–Crippen MR) is 8.60 cm³/mol. The van der Waals surface area contributed by atoms with E-state index in [1.54, 1.807) is 0 Å². The molecule has 32 valence electrons. The molecule has 0 atom stereocenters. The van der Waals surface area contributed by atoms with E-state index < -0.39 is 23.2 Å². The molecule has 0 rings (SSSR count). The molecule has 0 spiro atoms. The van der Waals surface area contributed by atoms with Crippen LogP contribution < -0.4 is 0 Å². The van der Waals surface area contributed by atoms with Crippen LogP contribution in [0, 0.1) is 0 Å². The quantitative estimate of drug-likeness (QED) is 0.413. The summed E-state index contributed by atoms with van der Waals surface area (Å²) in [6, 6.07) is 0. The molecule has 0 radical (unpaired) electrons. The Morgan fingerprint density at radius 2 is 1.00 bits per heavy atom. The Balaban J connectivity index is -0.0000000200. The molecular formula is H4O4Zr. The van der Waals surface area contributed by atoms with Crippen LogP contribution in [0.2, 0.25) is 0 Å². The van der Waals surface area contributed by atoms with Gasteiger partial charge in [0.25, 0.3) is 0 Å². The molecule has 0 heterocycles. The van der Waals surface area contributed by atoms with Gasteiger partial charge in [-0.15, -0.1) is 0 Å². The first kappa shape index (κ1) is 18.1. The number of hydrogen-bond acceptors (Lipinski definition) is 2. The fourth-order valence-corrected chi connectivity index (χ4v) is 0. The predicted octanol–water partition coefficient (Wildman–Crippen LogP) is -1.89. The fraction of sp³-hybridized carbons (Fsp3) is 0. The molecule has 5 heavy (non-hydrogen) atoms. The Morgan fingerprint density at radius 3 is 1.00 bits per heavy atom. The summed E-state index contributed by atoms with van der Waals surface area (Å²) >= 11 is -2.27. The summed E-state index contributed by atoms with van der Waals surface area (Å²) in [5, 5.41) is 0. The molecular weight excluding hydrogens is 155 g/mol. The van der Waals surface area contributed by atoms with Crippen molar-refractivity contribution in [3.63, 3.8) is 0 Å². The van der Waals surface area contributed by atoms with Gasteiger partial charge in [-0.2, -0.15) is 0 Å². The van der Waals surface area contributed by atoms with Crippen LogP contribution in [-0.4, -0.2) is 11.0 Å². The third-order valence-corrected chi connectivity index (χ3v) is 0. The third kappa shape index (κ3) is 156. The van der Waals surface area contributed by atoms with E-state index in [-0.39, 0.29) is 11.0 Å². The van der Waals surface area contributed by atoms with Gasteiger partial charge < -0.3 is 11.0 Å². The van der Waals surface area contributed by atoms with Crippen LogP contribution in [0.25, 0.3) is 0 Å². The molecule has 5 heteroatoms. The monoisotopic (exact) mass is 158 g/mol. The van der Waals surface area contributed by atoms with Crippen molar-refractivity contribution in [3.05, 3.63) is 0 Å². The van der Waals surface area contributed by atoms with Gasteiger partial charge in [-0.25, -0.2) is 0 Å². The van der Waals surface area contributed by atoms with Gasteiger partial charge in [0.2, 0.25) is 0 Å². The van der Waals surface area contributed by atoms with Crippen molar-refractivity contribution >= 4 is 0 Å². The zero-order valence-corrected chi connectivity index (χ0v) is 4.77. The Labute approximate surface area is 40.3 Å². The molecule has 0 aliphatic carbocycles. The van der Waals surface area contributed by atoms with E-state index >= 15 is 0 Å². The summed E-state index contributed by atoms with van der Waals surface area (Å²) in [5.74, 6) is 0. The second-order valence-corrected chi connectivity index (χ2v) is 0.493. The summed E-state index contributed by atoms with van der Waals surface area (Å²) in [7, 11) is 0. The van der Waals surface area contributed by atoms with Gasteiger partial charge in [-0.1, -0.05) is 0 Å². The van der Waals surface area contributed by atoms with Crippen molar-refractivity contribution in [2.45, 2.75) is 0 Å². The number of rotatable bonds is 0. The molecule has 0 saturated carbocycles. The van der Waals surface area contributed by atoms with E-state index in [1.165, 1.54) is 0 Å². The van der Waals surface area contributed by atoms with Crippen molar-refractivity contribution < 1.29 is 39.8 Å². The van der Waals surface area contributed by atoms with Crippen LogP contribution in [0.3, 0.4) is 0 Å². The minimum atomic E-state index is -2.27. The van der Waals surface area contributed by atoms with Crippen molar-refractivity contribution in [1.29, 1.82) is 0 Å². The average Bonchev–Trinajstić information content (AvgIpc) is 0.918. The second-order valence-electron chi connectivity index (χ2n) is 0.0833. The first-order valence-electron chi connectivity index (χ1n) is 0.408. The maximum absolute atomic E-state index is 8.54.